The van der Waals surface area contributed by atoms with Crippen LogP contribution < -0.4 is 19.7 Å². The van der Waals surface area contributed by atoms with E-state index in [0.717, 1.165) is 76.6 Å². The summed E-state index contributed by atoms with van der Waals surface area (Å²) in [4.78, 5) is 20.8. The molecule has 2 atom stereocenters. The van der Waals surface area contributed by atoms with Gasteiger partial charge in [0, 0.05) is 44.5 Å². The van der Waals surface area contributed by atoms with Gasteiger partial charge in [-0.15, -0.1) is 0 Å². The molecule has 7 heteroatoms. The number of fused-ring (bicyclic) bond motifs is 2. The number of nitrogens with one attached hydrogen (secondary N) is 1. The molecule has 4 heterocycles. The van der Waals surface area contributed by atoms with E-state index in [2.05, 4.69) is 57.4 Å². The van der Waals surface area contributed by atoms with E-state index in [1.807, 2.05) is 6.07 Å². The monoisotopic (exact) mass is 504 g/mol. The molecular formula is C30H40N4O3. The first-order valence-corrected chi connectivity index (χ1v) is 14.1. The average molecular weight is 505 g/mol. The number of hydrogen-bond acceptors (Lipinski definition) is 6. The Balaban J connectivity index is 1.11. The van der Waals surface area contributed by atoms with Gasteiger partial charge in [0.15, 0.2) is 11.5 Å². The zero-order chi connectivity index (χ0) is 25.2. The van der Waals surface area contributed by atoms with Crippen LogP contribution in [0.3, 0.4) is 0 Å². The topological polar surface area (TPSA) is 57.3 Å². The van der Waals surface area contributed by atoms with Crippen molar-refractivity contribution in [1.29, 1.82) is 0 Å². The number of carbonyl (C=O) groups is 1. The molecule has 1 amide bonds. The first-order valence-electron chi connectivity index (χ1n) is 14.1. The Morgan fingerprint density at radius 1 is 1.00 bits per heavy atom. The third kappa shape index (κ3) is 5.73. The number of amides is 1. The summed E-state index contributed by atoms with van der Waals surface area (Å²) in [7, 11) is 2.19. The molecule has 7 nitrogen and oxygen atoms in total. The van der Waals surface area contributed by atoms with Crippen molar-refractivity contribution in [2.45, 2.75) is 44.7 Å². The SMILES string of the molecule is CN1CCc2ccc(N3CC[C@@H](C(=O)NC(Cc4ccc5c(c4)OCCO5)CN4CCCC4)C3)cc2C1. The van der Waals surface area contributed by atoms with E-state index < -0.39 is 0 Å². The van der Waals surface area contributed by atoms with Gasteiger partial charge in [-0.2, -0.15) is 0 Å². The lowest BCUT2D eigenvalue weighted by Gasteiger charge is -2.28. The van der Waals surface area contributed by atoms with Crippen molar-refractivity contribution in [3.63, 3.8) is 0 Å². The summed E-state index contributed by atoms with van der Waals surface area (Å²) in [5.41, 5.74) is 5.35. The van der Waals surface area contributed by atoms with Gasteiger partial charge < -0.3 is 29.5 Å². The molecule has 0 bridgehead atoms. The molecule has 2 aromatic rings. The van der Waals surface area contributed by atoms with Crippen molar-refractivity contribution < 1.29 is 14.3 Å². The maximum atomic E-state index is 13.5. The maximum Gasteiger partial charge on any atom is 0.225 e. The molecule has 6 rings (SSSR count). The summed E-state index contributed by atoms with van der Waals surface area (Å²) in [5.74, 6) is 1.86. The van der Waals surface area contributed by atoms with Crippen LogP contribution in [0.2, 0.25) is 0 Å². The Hall–Kier alpha value is -2.77. The first-order chi connectivity index (χ1) is 18.1. The first kappa shape index (κ1) is 24.6. The van der Waals surface area contributed by atoms with Crippen molar-refractivity contribution in [1.82, 2.24) is 15.1 Å². The molecule has 2 aromatic carbocycles. The van der Waals surface area contributed by atoms with Gasteiger partial charge >= 0.3 is 0 Å². The molecule has 2 saturated heterocycles. The number of carbonyl (C=O) groups excluding carboxylic acids is 1. The predicted molar refractivity (Wildman–Crippen MR) is 146 cm³/mol. The molecule has 37 heavy (non-hydrogen) atoms. The van der Waals surface area contributed by atoms with Gasteiger partial charge in [0.1, 0.15) is 13.2 Å². The van der Waals surface area contributed by atoms with Crippen molar-refractivity contribution in [2.24, 2.45) is 5.92 Å². The number of rotatable bonds is 7. The van der Waals surface area contributed by atoms with E-state index >= 15 is 0 Å². The van der Waals surface area contributed by atoms with E-state index in [4.69, 9.17) is 9.47 Å². The highest BCUT2D eigenvalue weighted by Gasteiger charge is 2.31. The molecule has 4 aliphatic rings. The van der Waals surface area contributed by atoms with Gasteiger partial charge in [0.05, 0.1) is 5.92 Å². The second-order valence-electron chi connectivity index (χ2n) is 11.3. The Kier molecular flexibility index (Phi) is 7.25. The van der Waals surface area contributed by atoms with Crippen LogP contribution in [0.5, 0.6) is 11.5 Å². The summed E-state index contributed by atoms with van der Waals surface area (Å²) >= 11 is 0. The van der Waals surface area contributed by atoms with E-state index in [9.17, 15) is 4.79 Å². The van der Waals surface area contributed by atoms with Crippen LogP contribution in [-0.2, 0) is 24.2 Å². The standard InChI is InChI=1S/C30H40N4O3/c1-32-12-8-23-5-6-27(18-25(23)19-32)34-13-9-24(20-34)30(35)31-26(21-33-10-2-3-11-33)16-22-4-7-28-29(17-22)37-15-14-36-28/h4-7,17-18,24,26H,2-3,8-16,19-21H2,1H3,(H,31,35)/t24-,26?/m1/s1. The van der Waals surface area contributed by atoms with Crippen LogP contribution in [0.1, 0.15) is 36.0 Å². The number of likely N-dealkylation sites (tertiary alicyclic amines) is 1. The Morgan fingerprint density at radius 2 is 1.84 bits per heavy atom. The fourth-order valence-corrected chi connectivity index (χ4v) is 6.35. The zero-order valence-electron chi connectivity index (χ0n) is 22.1. The zero-order valence-corrected chi connectivity index (χ0v) is 22.1. The highest BCUT2D eigenvalue weighted by molar-refractivity contribution is 5.80. The van der Waals surface area contributed by atoms with Gasteiger partial charge in [-0.3, -0.25) is 4.79 Å². The minimum absolute atomic E-state index is 0.0278. The second-order valence-corrected chi connectivity index (χ2v) is 11.3. The smallest absolute Gasteiger partial charge is 0.225 e. The van der Waals surface area contributed by atoms with Crippen LogP contribution in [-0.4, -0.2) is 81.3 Å². The molecule has 0 saturated carbocycles. The van der Waals surface area contributed by atoms with Gasteiger partial charge in [-0.05, 0) is 93.2 Å². The Bertz CT molecular complexity index is 1120. The molecule has 0 spiro atoms. The molecule has 1 unspecified atom stereocenters. The predicted octanol–water partition coefficient (Wildman–Crippen LogP) is 3.10. The van der Waals surface area contributed by atoms with E-state index in [0.29, 0.717) is 13.2 Å². The number of hydrogen-bond donors (Lipinski definition) is 1. The minimum Gasteiger partial charge on any atom is -0.486 e. The molecule has 0 radical (unpaired) electrons. The largest absolute Gasteiger partial charge is 0.486 e. The van der Waals surface area contributed by atoms with E-state index in [-0.39, 0.29) is 17.9 Å². The number of anilines is 1. The quantitative estimate of drug-likeness (QED) is 0.626. The number of nitrogens with zero attached hydrogens (tertiary/aromatic N) is 3. The summed E-state index contributed by atoms with van der Waals surface area (Å²) in [5, 5.41) is 3.46. The van der Waals surface area contributed by atoms with Crippen molar-refractivity contribution in [3.05, 3.63) is 53.1 Å². The summed E-state index contributed by atoms with van der Waals surface area (Å²) in [6, 6.07) is 13.2. The van der Waals surface area contributed by atoms with E-state index in [1.54, 1.807) is 0 Å². The van der Waals surface area contributed by atoms with Crippen LogP contribution >= 0.6 is 0 Å². The molecule has 1 N–H and O–H groups in total. The van der Waals surface area contributed by atoms with Crippen LogP contribution in [0.25, 0.3) is 0 Å². The van der Waals surface area contributed by atoms with Crippen molar-refractivity contribution in [3.8, 4) is 11.5 Å². The lowest BCUT2D eigenvalue weighted by molar-refractivity contribution is -0.125. The van der Waals surface area contributed by atoms with E-state index in [1.165, 1.54) is 35.2 Å². The summed E-state index contributed by atoms with van der Waals surface area (Å²) < 4.78 is 11.5. The lowest BCUT2D eigenvalue weighted by Crippen LogP contribution is -2.46. The van der Waals surface area contributed by atoms with Crippen LogP contribution in [0, 0.1) is 5.92 Å². The van der Waals surface area contributed by atoms with Gasteiger partial charge in [-0.25, -0.2) is 0 Å². The minimum atomic E-state index is 0.0278. The highest BCUT2D eigenvalue weighted by atomic mass is 16.6. The fourth-order valence-electron chi connectivity index (χ4n) is 6.35. The summed E-state index contributed by atoms with van der Waals surface area (Å²) in [6.07, 6.45) is 5.33. The van der Waals surface area contributed by atoms with Crippen molar-refractivity contribution >= 4 is 11.6 Å². The molecule has 4 aliphatic heterocycles. The van der Waals surface area contributed by atoms with Gasteiger partial charge in [0.2, 0.25) is 5.91 Å². The van der Waals surface area contributed by atoms with Crippen molar-refractivity contribution in [2.75, 3.05) is 64.4 Å². The number of benzene rings is 2. The van der Waals surface area contributed by atoms with Crippen LogP contribution in [0.15, 0.2) is 36.4 Å². The van der Waals surface area contributed by atoms with Gasteiger partial charge in [0.25, 0.3) is 0 Å². The maximum absolute atomic E-state index is 13.5. The molecule has 198 valence electrons. The molecule has 2 fully saturated rings. The lowest BCUT2D eigenvalue weighted by atomic mass is 9.99. The Labute approximate surface area is 220 Å². The fraction of sp³-hybridized carbons (Fsp3) is 0.567. The van der Waals surface area contributed by atoms with Gasteiger partial charge in [-0.1, -0.05) is 12.1 Å². The normalized spacial score (nSPS) is 22.6. The number of ether oxygens (including phenoxy) is 2. The Morgan fingerprint density at radius 3 is 2.70 bits per heavy atom. The highest BCUT2D eigenvalue weighted by Crippen LogP contribution is 2.32. The molecule has 0 aliphatic carbocycles. The molecular weight excluding hydrogens is 464 g/mol. The third-order valence-electron chi connectivity index (χ3n) is 8.43. The van der Waals surface area contributed by atoms with Crippen LogP contribution in [0.4, 0.5) is 5.69 Å². The molecule has 0 aromatic heterocycles. The number of likely N-dealkylation sites (N-methyl/N-ethyl adjacent to an activating group) is 1. The second kappa shape index (κ2) is 10.9. The summed E-state index contributed by atoms with van der Waals surface area (Å²) in [6.45, 7) is 8.20. The average Bonchev–Trinajstić information content (AvgIpc) is 3.61. The third-order valence-corrected chi connectivity index (χ3v) is 8.43.